The van der Waals surface area contributed by atoms with Crippen molar-refractivity contribution in [2.45, 2.75) is 16.5 Å². The van der Waals surface area contributed by atoms with Gasteiger partial charge in [-0.15, -0.1) is 10.2 Å². The smallest absolute Gasteiger partial charge is 0.210 e. The topological polar surface area (TPSA) is 111 Å². The van der Waals surface area contributed by atoms with Crippen LogP contribution in [0.3, 0.4) is 0 Å². The summed E-state index contributed by atoms with van der Waals surface area (Å²) in [6.45, 7) is 1.81. The number of aromatic nitrogens is 4. The third-order valence-corrected chi connectivity index (χ3v) is 6.66. The standard InChI is InChI=1S/C20H15BrN6OS2/c1-11(17(28)14(10-22)18-24-15-7-2-3-8-16(15)25-18)29-20-27-26-19(30-20)23-13-6-4-5-12(21)9-13/h2-9,11,28H,1H3,(H,23,26)(H,24,25)/b17-14+. The Kier molecular flexibility index (Phi) is 6.03. The molecule has 150 valence electrons. The number of para-hydroxylation sites is 2. The number of H-pyrrole nitrogens is 1. The van der Waals surface area contributed by atoms with Gasteiger partial charge in [0.25, 0.3) is 0 Å². The van der Waals surface area contributed by atoms with Crippen LogP contribution in [0.2, 0.25) is 0 Å². The van der Waals surface area contributed by atoms with Gasteiger partial charge in [0.1, 0.15) is 17.4 Å². The average molecular weight is 499 g/mol. The molecule has 4 rings (SSSR count). The number of halogens is 1. The van der Waals surface area contributed by atoms with E-state index in [-0.39, 0.29) is 11.3 Å². The Morgan fingerprint density at radius 3 is 2.87 bits per heavy atom. The Hall–Kier alpha value is -2.87. The molecule has 0 saturated heterocycles. The number of nitriles is 1. The van der Waals surface area contributed by atoms with Gasteiger partial charge in [-0.2, -0.15) is 5.26 Å². The molecule has 3 N–H and O–H groups in total. The van der Waals surface area contributed by atoms with Crippen molar-refractivity contribution in [3.63, 3.8) is 0 Å². The molecule has 7 nitrogen and oxygen atoms in total. The fraction of sp³-hybridized carbons (Fsp3) is 0.100. The number of nitrogens with one attached hydrogen (secondary N) is 2. The Bertz CT molecular complexity index is 1240. The molecule has 30 heavy (non-hydrogen) atoms. The van der Waals surface area contributed by atoms with Crippen LogP contribution in [0.25, 0.3) is 16.6 Å². The number of benzene rings is 2. The van der Waals surface area contributed by atoms with E-state index in [4.69, 9.17) is 0 Å². The van der Waals surface area contributed by atoms with Crippen molar-refractivity contribution in [1.29, 1.82) is 5.26 Å². The van der Waals surface area contributed by atoms with Crippen molar-refractivity contribution in [3.05, 3.63) is 64.6 Å². The number of imidazole rings is 1. The third-order valence-electron chi connectivity index (χ3n) is 4.14. The van der Waals surface area contributed by atoms with E-state index in [0.717, 1.165) is 21.2 Å². The van der Waals surface area contributed by atoms with Gasteiger partial charge in [0.05, 0.1) is 16.3 Å². The highest BCUT2D eigenvalue weighted by Gasteiger charge is 2.20. The van der Waals surface area contributed by atoms with E-state index in [1.54, 1.807) is 0 Å². The number of hydrogen-bond donors (Lipinski definition) is 3. The summed E-state index contributed by atoms with van der Waals surface area (Å²) < 4.78 is 1.64. The molecule has 0 aliphatic heterocycles. The van der Waals surface area contributed by atoms with Gasteiger partial charge in [-0.3, -0.25) is 0 Å². The van der Waals surface area contributed by atoms with Crippen molar-refractivity contribution in [3.8, 4) is 6.07 Å². The van der Waals surface area contributed by atoms with Crippen molar-refractivity contribution in [2.24, 2.45) is 0 Å². The monoisotopic (exact) mass is 498 g/mol. The summed E-state index contributed by atoms with van der Waals surface area (Å²) in [5.41, 5.74) is 2.55. The number of rotatable bonds is 6. The molecule has 0 bridgehead atoms. The quantitative estimate of drug-likeness (QED) is 0.172. The maximum atomic E-state index is 10.7. The Morgan fingerprint density at radius 2 is 2.10 bits per heavy atom. The van der Waals surface area contributed by atoms with Gasteiger partial charge < -0.3 is 15.4 Å². The van der Waals surface area contributed by atoms with Gasteiger partial charge in [-0.1, -0.05) is 57.2 Å². The van der Waals surface area contributed by atoms with E-state index in [9.17, 15) is 10.4 Å². The summed E-state index contributed by atoms with van der Waals surface area (Å²) in [5.74, 6) is 0.288. The summed E-state index contributed by atoms with van der Waals surface area (Å²) >= 11 is 6.14. The van der Waals surface area contributed by atoms with Gasteiger partial charge >= 0.3 is 0 Å². The lowest BCUT2D eigenvalue weighted by Gasteiger charge is -2.09. The first-order valence-electron chi connectivity index (χ1n) is 8.84. The Balaban J connectivity index is 1.51. The molecule has 1 atom stereocenters. The number of thioether (sulfide) groups is 1. The second-order valence-corrected chi connectivity index (χ2v) is 9.72. The van der Waals surface area contributed by atoms with Crippen LogP contribution in [0.5, 0.6) is 0 Å². The molecule has 10 heteroatoms. The van der Waals surface area contributed by atoms with Crippen molar-refractivity contribution < 1.29 is 5.11 Å². The van der Waals surface area contributed by atoms with Crippen LogP contribution < -0.4 is 5.32 Å². The summed E-state index contributed by atoms with van der Waals surface area (Å²) in [7, 11) is 0. The first-order valence-corrected chi connectivity index (χ1v) is 11.3. The summed E-state index contributed by atoms with van der Waals surface area (Å²) in [6, 6.07) is 17.3. The molecule has 0 radical (unpaired) electrons. The molecule has 1 unspecified atom stereocenters. The highest BCUT2D eigenvalue weighted by atomic mass is 79.9. The zero-order chi connectivity index (χ0) is 21.1. The van der Waals surface area contributed by atoms with Crippen LogP contribution in [-0.2, 0) is 0 Å². The second-order valence-electron chi connectivity index (χ2n) is 6.24. The number of aliphatic hydroxyl groups is 1. The van der Waals surface area contributed by atoms with Gasteiger partial charge in [0.15, 0.2) is 10.2 Å². The number of nitrogens with zero attached hydrogens (tertiary/aromatic N) is 4. The van der Waals surface area contributed by atoms with Crippen molar-refractivity contribution in [2.75, 3.05) is 5.32 Å². The molecular weight excluding hydrogens is 484 g/mol. The molecule has 0 aliphatic carbocycles. The predicted octanol–water partition coefficient (Wildman–Crippen LogP) is 5.89. The molecule has 0 spiro atoms. The van der Waals surface area contributed by atoms with Crippen LogP contribution in [-0.4, -0.2) is 30.5 Å². The Labute approximate surface area is 189 Å². The van der Waals surface area contributed by atoms with Gasteiger partial charge in [-0.05, 0) is 37.3 Å². The molecule has 2 aromatic carbocycles. The van der Waals surface area contributed by atoms with Crippen LogP contribution in [0.4, 0.5) is 10.8 Å². The molecule has 0 fully saturated rings. The SMILES string of the molecule is CC(Sc1nnc(Nc2cccc(Br)c2)s1)/C(O)=C(/C#N)c1nc2ccccc2[nH]1. The van der Waals surface area contributed by atoms with Crippen LogP contribution >= 0.6 is 39.0 Å². The summed E-state index contributed by atoms with van der Waals surface area (Å²) in [4.78, 5) is 7.49. The lowest BCUT2D eigenvalue weighted by atomic mass is 10.2. The lowest BCUT2D eigenvalue weighted by molar-refractivity contribution is 0.402. The minimum absolute atomic E-state index is 0.0572. The van der Waals surface area contributed by atoms with E-state index in [0.29, 0.717) is 15.3 Å². The van der Waals surface area contributed by atoms with Crippen LogP contribution in [0.1, 0.15) is 12.7 Å². The molecule has 0 aliphatic rings. The third kappa shape index (κ3) is 4.48. The molecule has 0 saturated carbocycles. The van der Waals surface area contributed by atoms with Gasteiger partial charge in [0.2, 0.25) is 5.13 Å². The van der Waals surface area contributed by atoms with Gasteiger partial charge in [0, 0.05) is 10.2 Å². The number of allylic oxidation sites excluding steroid dienone is 1. The lowest BCUT2D eigenvalue weighted by Crippen LogP contribution is -2.04. The minimum atomic E-state index is -0.403. The number of anilines is 2. The highest BCUT2D eigenvalue weighted by molar-refractivity contribution is 9.10. The first-order chi connectivity index (χ1) is 14.5. The van der Waals surface area contributed by atoms with Crippen LogP contribution in [0.15, 0.2) is 63.1 Å². The van der Waals surface area contributed by atoms with Crippen molar-refractivity contribution in [1.82, 2.24) is 20.2 Å². The average Bonchev–Trinajstić information content (AvgIpc) is 3.35. The van der Waals surface area contributed by atoms with E-state index in [1.807, 2.05) is 55.5 Å². The normalized spacial score (nSPS) is 13.0. The maximum absolute atomic E-state index is 10.7. The first kappa shape index (κ1) is 20.4. The number of aromatic amines is 1. The highest BCUT2D eigenvalue weighted by Crippen LogP contribution is 2.34. The predicted molar refractivity (Wildman–Crippen MR) is 124 cm³/mol. The van der Waals surface area contributed by atoms with E-state index >= 15 is 0 Å². The molecule has 4 aromatic rings. The number of hydrogen-bond acceptors (Lipinski definition) is 8. The fourth-order valence-electron chi connectivity index (χ4n) is 2.71. The van der Waals surface area contributed by atoms with E-state index in [2.05, 4.69) is 47.5 Å². The zero-order valence-corrected chi connectivity index (χ0v) is 18.8. The summed E-state index contributed by atoms with van der Waals surface area (Å²) in [6.07, 6.45) is 0. The fourth-order valence-corrected chi connectivity index (χ4v) is 5.09. The van der Waals surface area contributed by atoms with E-state index in [1.165, 1.54) is 23.1 Å². The number of aliphatic hydroxyl groups excluding tert-OH is 1. The van der Waals surface area contributed by atoms with E-state index < -0.39 is 5.25 Å². The van der Waals surface area contributed by atoms with Gasteiger partial charge in [-0.25, -0.2) is 4.98 Å². The number of fused-ring (bicyclic) bond motifs is 1. The van der Waals surface area contributed by atoms with Crippen molar-refractivity contribution >= 4 is 66.5 Å². The molecular formula is C20H15BrN6OS2. The molecule has 2 aromatic heterocycles. The second kappa shape index (κ2) is 8.87. The largest absolute Gasteiger partial charge is 0.510 e. The zero-order valence-electron chi connectivity index (χ0n) is 15.6. The Morgan fingerprint density at radius 1 is 1.27 bits per heavy atom. The maximum Gasteiger partial charge on any atom is 0.210 e. The minimum Gasteiger partial charge on any atom is -0.510 e. The summed E-state index contributed by atoms with van der Waals surface area (Å²) in [5, 5.41) is 32.1. The van der Waals surface area contributed by atoms with Crippen LogP contribution in [0, 0.1) is 11.3 Å². The molecule has 2 heterocycles. The molecule has 0 amide bonds.